The third-order valence-corrected chi connectivity index (χ3v) is 2.02. The second kappa shape index (κ2) is 5.29. The van der Waals surface area contributed by atoms with E-state index < -0.39 is 0 Å². The Bertz CT molecular complexity index is 340. The summed E-state index contributed by atoms with van der Waals surface area (Å²) < 4.78 is 0. The Balaban J connectivity index is 2.81. The van der Waals surface area contributed by atoms with Gasteiger partial charge in [-0.15, -0.1) is 0 Å². The second-order valence-electron chi connectivity index (χ2n) is 3.27. The smallest absolute Gasteiger partial charge is 0.273 e. The van der Waals surface area contributed by atoms with Crippen molar-refractivity contribution in [2.75, 3.05) is 26.0 Å². The van der Waals surface area contributed by atoms with E-state index in [1.165, 1.54) is 6.20 Å². The molecule has 0 spiro atoms. The molecular formula is C10H16N4O. The van der Waals surface area contributed by atoms with Crippen molar-refractivity contribution in [2.45, 2.75) is 13.3 Å². The van der Waals surface area contributed by atoms with Gasteiger partial charge in [-0.3, -0.25) is 9.78 Å². The predicted molar refractivity (Wildman–Crippen MR) is 58.8 cm³/mol. The summed E-state index contributed by atoms with van der Waals surface area (Å²) in [5.74, 6) is 0.507. The first-order chi connectivity index (χ1) is 7.19. The van der Waals surface area contributed by atoms with Crippen LogP contribution in [0.3, 0.4) is 0 Å². The van der Waals surface area contributed by atoms with E-state index in [1.807, 2.05) is 6.92 Å². The van der Waals surface area contributed by atoms with E-state index in [4.69, 9.17) is 0 Å². The summed E-state index contributed by atoms with van der Waals surface area (Å²) >= 11 is 0. The van der Waals surface area contributed by atoms with Crippen LogP contribution >= 0.6 is 0 Å². The van der Waals surface area contributed by atoms with E-state index in [0.717, 1.165) is 13.0 Å². The Morgan fingerprint density at radius 1 is 1.53 bits per heavy atom. The van der Waals surface area contributed by atoms with Crippen molar-refractivity contribution in [3.05, 3.63) is 18.1 Å². The molecule has 1 N–H and O–H groups in total. The Labute approximate surface area is 89.5 Å². The number of nitrogens with zero attached hydrogens (tertiary/aromatic N) is 3. The number of carbonyl (C=O) groups is 1. The summed E-state index contributed by atoms with van der Waals surface area (Å²) in [6.07, 6.45) is 3.99. The van der Waals surface area contributed by atoms with Gasteiger partial charge in [-0.05, 0) is 6.42 Å². The standard InChI is InChI=1S/C10H16N4O/c1-4-5-14(3)10(15)8-6-12-7-9(11-2)13-8/h6-7H,4-5H2,1-3H3,(H,11,13). The van der Waals surface area contributed by atoms with Gasteiger partial charge in [-0.25, -0.2) is 4.98 Å². The zero-order chi connectivity index (χ0) is 11.3. The maximum absolute atomic E-state index is 11.8. The first kappa shape index (κ1) is 11.4. The molecule has 82 valence electrons. The average Bonchev–Trinajstić information content (AvgIpc) is 2.28. The fourth-order valence-corrected chi connectivity index (χ4v) is 1.22. The molecule has 15 heavy (non-hydrogen) atoms. The lowest BCUT2D eigenvalue weighted by atomic mass is 10.3. The zero-order valence-electron chi connectivity index (χ0n) is 9.32. The number of hydrogen-bond acceptors (Lipinski definition) is 4. The van der Waals surface area contributed by atoms with Crippen LogP contribution in [0.4, 0.5) is 5.82 Å². The zero-order valence-corrected chi connectivity index (χ0v) is 9.32. The monoisotopic (exact) mass is 208 g/mol. The summed E-state index contributed by atoms with van der Waals surface area (Å²) in [5, 5.41) is 2.85. The molecule has 0 unspecified atom stereocenters. The quantitative estimate of drug-likeness (QED) is 0.802. The molecule has 0 saturated heterocycles. The van der Waals surface area contributed by atoms with Crippen LogP contribution in [0.25, 0.3) is 0 Å². The fraction of sp³-hybridized carbons (Fsp3) is 0.500. The van der Waals surface area contributed by atoms with Gasteiger partial charge in [0.25, 0.3) is 5.91 Å². The van der Waals surface area contributed by atoms with Gasteiger partial charge < -0.3 is 10.2 Å². The van der Waals surface area contributed by atoms with Crippen LogP contribution in [-0.2, 0) is 0 Å². The van der Waals surface area contributed by atoms with Gasteiger partial charge in [0.05, 0.1) is 12.4 Å². The van der Waals surface area contributed by atoms with E-state index in [-0.39, 0.29) is 5.91 Å². The fourth-order valence-electron chi connectivity index (χ4n) is 1.22. The highest BCUT2D eigenvalue weighted by Gasteiger charge is 2.12. The normalized spacial score (nSPS) is 9.80. The van der Waals surface area contributed by atoms with Gasteiger partial charge in [0, 0.05) is 20.6 Å². The topological polar surface area (TPSA) is 58.1 Å². The summed E-state index contributed by atoms with van der Waals surface area (Å²) in [6.45, 7) is 2.75. The maximum atomic E-state index is 11.8. The first-order valence-electron chi connectivity index (χ1n) is 4.94. The molecule has 0 aliphatic rings. The molecule has 0 aliphatic heterocycles. The summed E-state index contributed by atoms with van der Waals surface area (Å²) in [5.41, 5.74) is 0.373. The molecule has 0 aliphatic carbocycles. The van der Waals surface area contributed by atoms with Crippen molar-refractivity contribution in [3.63, 3.8) is 0 Å². The van der Waals surface area contributed by atoms with Gasteiger partial charge in [-0.2, -0.15) is 0 Å². The minimum Gasteiger partial charge on any atom is -0.372 e. The highest BCUT2D eigenvalue weighted by atomic mass is 16.2. The Kier molecular flexibility index (Phi) is 4.03. The third kappa shape index (κ3) is 2.90. The van der Waals surface area contributed by atoms with E-state index >= 15 is 0 Å². The molecule has 1 rings (SSSR count). The van der Waals surface area contributed by atoms with Crippen molar-refractivity contribution < 1.29 is 4.79 Å². The van der Waals surface area contributed by atoms with E-state index in [1.54, 1.807) is 25.2 Å². The molecule has 0 atom stereocenters. The van der Waals surface area contributed by atoms with Gasteiger partial charge in [0.1, 0.15) is 11.5 Å². The molecule has 1 amide bonds. The molecule has 5 nitrogen and oxygen atoms in total. The molecule has 5 heteroatoms. The van der Waals surface area contributed by atoms with Crippen molar-refractivity contribution in [2.24, 2.45) is 0 Å². The number of hydrogen-bond donors (Lipinski definition) is 1. The maximum Gasteiger partial charge on any atom is 0.273 e. The average molecular weight is 208 g/mol. The van der Waals surface area contributed by atoms with Crippen molar-refractivity contribution in [1.82, 2.24) is 14.9 Å². The van der Waals surface area contributed by atoms with E-state index in [0.29, 0.717) is 11.5 Å². The minimum absolute atomic E-state index is 0.0959. The lowest BCUT2D eigenvalue weighted by Gasteiger charge is -2.15. The minimum atomic E-state index is -0.0959. The van der Waals surface area contributed by atoms with Crippen molar-refractivity contribution >= 4 is 11.7 Å². The lowest BCUT2D eigenvalue weighted by Crippen LogP contribution is -2.28. The number of rotatable bonds is 4. The van der Waals surface area contributed by atoms with Crippen molar-refractivity contribution in [1.29, 1.82) is 0 Å². The molecule has 0 bridgehead atoms. The van der Waals surface area contributed by atoms with Gasteiger partial charge >= 0.3 is 0 Å². The van der Waals surface area contributed by atoms with Crippen molar-refractivity contribution in [3.8, 4) is 0 Å². The van der Waals surface area contributed by atoms with Gasteiger partial charge in [0.15, 0.2) is 0 Å². The molecule has 0 aromatic carbocycles. The largest absolute Gasteiger partial charge is 0.372 e. The highest BCUT2D eigenvalue weighted by molar-refractivity contribution is 5.92. The Morgan fingerprint density at radius 3 is 2.87 bits per heavy atom. The van der Waals surface area contributed by atoms with Gasteiger partial charge in [0.2, 0.25) is 0 Å². The van der Waals surface area contributed by atoms with Crippen LogP contribution in [-0.4, -0.2) is 41.4 Å². The Hall–Kier alpha value is -1.65. The molecular weight excluding hydrogens is 192 g/mol. The summed E-state index contributed by atoms with van der Waals surface area (Å²) in [7, 11) is 3.51. The van der Waals surface area contributed by atoms with Crippen LogP contribution < -0.4 is 5.32 Å². The van der Waals surface area contributed by atoms with E-state index in [2.05, 4.69) is 15.3 Å². The van der Waals surface area contributed by atoms with Crippen LogP contribution in [0.1, 0.15) is 23.8 Å². The highest BCUT2D eigenvalue weighted by Crippen LogP contribution is 2.03. The van der Waals surface area contributed by atoms with Crippen LogP contribution in [0, 0.1) is 0 Å². The number of aromatic nitrogens is 2. The van der Waals surface area contributed by atoms with Crippen LogP contribution in [0.15, 0.2) is 12.4 Å². The van der Waals surface area contributed by atoms with Crippen LogP contribution in [0.2, 0.25) is 0 Å². The number of amides is 1. The molecule has 0 radical (unpaired) electrons. The SMILES string of the molecule is CCCN(C)C(=O)c1cncc(NC)n1. The molecule has 1 heterocycles. The van der Waals surface area contributed by atoms with Crippen LogP contribution in [0.5, 0.6) is 0 Å². The molecule has 0 saturated carbocycles. The Morgan fingerprint density at radius 2 is 2.27 bits per heavy atom. The van der Waals surface area contributed by atoms with E-state index in [9.17, 15) is 4.79 Å². The number of carbonyl (C=O) groups excluding carboxylic acids is 1. The molecule has 1 aromatic heterocycles. The molecule has 0 fully saturated rings. The molecule has 1 aromatic rings. The summed E-state index contributed by atoms with van der Waals surface area (Å²) in [6, 6.07) is 0. The third-order valence-electron chi connectivity index (χ3n) is 2.02. The lowest BCUT2D eigenvalue weighted by molar-refractivity contribution is 0.0789. The summed E-state index contributed by atoms with van der Waals surface area (Å²) in [4.78, 5) is 21.5. The second-order valence-corrected chi connectivity index (χ2v) is 3.27. The number of anilines is 1. The predicted octanol–water partition coefficient (Wildman–Crippen LogP) is 1.00. The first-order valence-corrected chi connectivity index (χ1v) is 4.94. The number of nitrogens with one attached hydrogen (secondary N) is 1. The van der Waals surface area contributed by atoms with Gasteiger partial charge in [-0.1, -0.05) is 6.92 Å².